The number of rotatable bonds is 4. The van der Waals surface area contributed by atoms with Crippen LogP contribution >= 0.6 is 11.8 Å². The summed E-state index contributed by atoms with van der Waals surface area (Å²) in [5.74, 6) is 0.522. The molecule has 1 aliphatic carbocycles. The van der Waals surface area contributed by atoms with Gasteiger partial charge in [0.25, 0.3) is 11.8 Å². The molecule has 8 heteroatoms. The summed E-state index contributed by atoms with van der Waals surface area (Å²) in [5, 5.41) is 12.2. The predicted molar refractivity (Wildman–Crippen MR) is 132 cm³/mol. The Kier molecular flexibility index (Phi) is 5.00. The lowest BCUT2D eigenvalue weighted by Crippen LogP contribution is -2.50. The molecule has 0 bridgehead atoms. The quantitative estimate of drug-likeness (QED) is 0.575. The molecule has 3 aromatic rings. The molecule has 6 rings (SSSR count). The Morgan fingerprint density at radius 2 is 1.68 bits per heavy atom. The molecule has 7 nitrogen and oxygen atoms in total. The fourth-order valence-corrected chi connectivity index (χ4v) is 6.14. The van der Waals surface area contributed by atoms with Crippen molar-refractivity contribution in [2.45, 2.75) is 36.8 Å². The SMILES string of the molecule is O=C1c2ccccc2C(=O)N1c1ccccc1CSC1=NC2CCCC2(O)N1c1ccccn1. The number of pyridine rings is 1. The van der Waals surface area contributed by atoms with Crippen LogP contribution in [0.15, 0.2) is 77.9 Å². The van der Waals surface area contributed by atoms with E-state index in [9.17, 15) is 14.7 Å². The number of amidine groups is 1. The number of aliphatic imine (C=N–C) groups is 1. The zero-order valence-electron chi connectivity index (χ0n) is 18.3. The summed E-state index contributed by atoms with van der Waals surface area (Å²) < 4.78 is 0. The lowest BCUT2D eigenvalue weighted by atomic mass is 10.1. The lowest BCUT2D eigenvalue weighted by molar-refractivity contribution is 0.0511. The van der Waals surface area contributed by atoms with E-state index < -0.39 is 5.72 Å². The van der Waals surface area contributed by atoms with Crippen LogP contribution < -0.4 is 9.80 Å². The highest BCUT2D eigenvalue weighted by atomic mass is 32.2. The van der Waals surface area contributed by atoms with Crippen molar-refractivity contribution in [3.05, 3.63) is 89.6 Å². The molecule has 3 aliphatic rings. The summed E-state index contributed by atoms with van der Waals surface area (Å²) in [6.45, 7) is 0. The highest BCUT2D eigenvalue weighted by Crippen LogP contribution is 2.45. The van der Waals surface area contributed by atoms with E-state index in [1.165, 1.54) is 16.7 Å². The summed E-state index contributed by atoms with van der Waals surface area (Å²) in [6, 6.07) is 19.8. The average Bonchev–Trinajstić information content (AvgIpc) is 3.45. The minimum Gasteiger partial charge on any atom is -0.368 e. The van der Waals surface area contributed by atoms with Crippen molar-refractivity contribution in [3.8, 4) is 0 Å². The number of nitrogens with zero attached hydrogens (tertiary/aromatic N) is 4. The Bertz CT molecular complexity index is 1290. The van der Waals surface area contributed by atoms with E-state index in [-0.39, 0.29) is 17.9 Å². The van der Waals surface area contributed by atoms with E-state index in [2.05, 4.69) is 4.98 Å². The number of thioether (sulfide) groups is 1. The van der Waals surface area contributed by atoms with Gasteiger partial charge in [0.15, 0.2) is 10.9 Å². The number of para-hydroxylation sites is 1. The number of amides is 2. The molecule has 0 radical (unpaired) electrons. The third-order valence-corrected chi connectivity index (χ3v) is 7.66. The van der Waals surface area contributed by atoms with Gasteiger partial charge in [0.1, 0.15) is 11.9 Å². The predicted octanol–water partition coefficient (Wildman–Crippen LogP) is 4.23. The van der Waals surface area contributed by atoms with Crippen molar-refractivity contribution < 1.29 is 14.7 Å². The molecule has 34 heavy (non-hydrogen) atoms. The average molecular weight is 471 g/mol. The molecule has 1 fully saturated rings. The molecular weight excluding hydrogens is 448 g/mol. The van der Waals surface area contributed by atoms with Crippen LogP contribution in [0, 0.1) is 0 Å². The third-order valence-electron chi connectivity index (χ3n) is 6.66. The van der Waals surface area contributed by atoms with Gasteiger partial charge in [-0.25, -0.2) is 9.88 Å². The van der Waals surface area contributed by atoms with Crippen molar-refractivity contribution in [1.29, 1.82) is 0 Å². The summed E-state index contributed by atoms with van der Waals surface area (Å²) in [5.41, 5.74) is 1.19. The fourth-order valence-electron chi connectivity index (χ4n) is 5.02. The van der Waals surface area contributed by atoms with Gasteiger partial charge in [-0.3, -0.25) is 19.5 Å². The molecule has 0 spiro atoms. The fraction of sp³-hybridized carbons (Fsp3) is 0.231. The zero-order chi connectivity index (χ0) is 23.3. The second-order valence-corrected chi connectivity index (χ2v) is 9.57. The molecule has 0 saturated heterocycles. The van der Waals surface area contributed by atoms with Gasteiger partial charge in [-0.2, -0.15) is 0 Å². The highest BCUT2D eigenvalue weighted by molar-refractivity contribution is 8.13. The van der Waals surface area contributed by atoms with E-state index in [1.54, 1.807) is 36.5 Å². The molecular formula is C26H22N4O3S. The van der Waals surface area contributed by atoms with Gasteiger partial charge in [-0.1, -0.05) is 48.2 Å². The van der Waals surface area contributed by atoms with Crippen LogP contribution in [0.5, 0.6) is 0 Å². The normalized spacial score (nSPS) is 23.3. The second kappa shape index (κ2) is 8.07. The standard InChI is InChI=1S/C26H22N4O3S/c31-23-18-9-2-3-10-19(18)24(32)29(23)20-11-4-1-8-17(20)16-34-25-28-21-12-7-14-26(21,33)30(25)22-13-5-6-15-27-22/h1-6,8-11,13,15,21,33H,7,12,14,16H2. The second-order valence-electron chi connectivity index (χ2n) is 8.63. The number of fused-ring (bicyclic) bond motifs is 2. The smallest absolute Gasteiger partial charge is 0.266 e. The van der Waals surface area contributed by atoms with Crippen LogP contribution in [-0.4, -0.2) is 38.8 Å². The summed E-state index contributed by atoms with van der Waals surface area (Å²) in [7, 11) is 0. The van der Waals surface area contributed by atoms with E-state index >= 15 is 0 Å². The highest BCUT2D eigenvalue weighted by Gasteiger charge is 2.53. The first-order valence-corrected chi connectivity index (χ1v) is 12.3. The summed E-state index contributed by atoms with van der Waals surface area (Å²) in [4.78, 5) is 38.5. The first-order chi connectivity index (χ1) is 16.6. The van der Waals surface area contributed by atoms with Crippen LogP contribution in [0.4, 0.5) is 11.5 Å². The van der Waals surface area contributed by atoms with Gasteiger partial charge in [-0.05, 0) is 55.2 Å². The number of hydrogen-bond donors (Lipinski definition) is 1. The van der Waals surface area contributed by atoms with Gasteiger partial charge < -0.3 is 5.11 Å². The van der Waals surface area contributed by atoms with Crippen molar-refractivity contribution in [2.75, 3.05) is 9.80 Å². The van der Waals surface area contributed by atoms with Crippen molar-refractivity contribution in [1.82, 2.24) is 4.98 Å². The zero-order valence-corrected chi connectivity index (χ0v) is 19.1. The number of anilines is 2. The number of aromatic nitrogens is 1. The van der Waals surface area contributed by atoms with E-state index in [0.717, 1.165) is 18.4 Å². The number of carbonyl (C=O) groups excluding carboxylic acids is 2. The van der Waals surface area contributed by atoms with Gasteiger partial charge in [0.05, 0.1) is 16.8 Å². The number of hydrogen-bond acceptors (Lipinski definition) is 7. The third kappa shape index (κ3) is 3.17. The van der Waals surface area contributed by atoms with Crippen LogP contribution in [0.1, 0.15) is 45.5 Å². The number of imide groups is 1. The van der Waals surface area contributed by atoms with Gasteiger partial charge >= 0.3 is 0 Å². The first-order valence-electron chi connectivity index (χ1n) is 11.3. The van der Waals surface area contributed by atoms with E-state index in [4.69, 9.17) is 4.99 Å². The minimum atomic E-state index is -1.07. The maximum absolute atomic E-state index is 13.1. The monoisotopic (exact) mass is 470 g/mol. The Hall–Kier alpha value is -3.49. The molecule has 2 unspecified atom stereocenters. The molecule has 1 aromatic heterocycles. The lowest BCUT2D eigenvalue weighted by Gasteiger charge is -2.34. The number of benzene rings is 2. The summed E-state index contributed by atoms with van der Waals surface area (Å²) in [6.07, 6.45) is 4.08. The largest absolute Gasteiger partial charge is 0.368 e. The molecule has 2 aliphatic heterocycles. The van der Waals surface area contributed by atoms with Gasteiger partial charge in [-0.15, -0.1) is 0 Å². The molecule has 2 atom stereocenters. The maximum atomic E-state index is 13.1. The summed E-state index contributed by atoms with van der Waals surface area (Å²) >= 11 is 1.48. The number of carbonyl (C=O) groups is 2. The Morgan fingerprint density at radius 1 is 0.971 bits per heavy atom. The van der Waals surface area contributed by atoms with Crippen LogP contribution in [0.25, 0.3) is 0 Å². The van der Waals surface area contributed by atoms with Crippen LogP contribution in [0.2, 0.25) is 0 Å². The molecule has 2 amide bonds. The molecule has 170 valence electrons. The Balaban J connectivity index is 1.30. The van der Waals surface area contributed by atoms with E-state index in [1.807, 2.05) is 41.3 Å². The maximum Gasteiger partial charge on any atom is 0.266 e. The molecule has 3 heterocycles. The van der Waals surface area contributed by atoms with Gasteiger partial charge in [0.2, 0.25) is 0 Å². The molecule has 1 N–H and O–H groups in total. The Labute approximate surface area is 201 Å². The minimum absolute atomic E-state index is 0.191. The Morgan fingerprint density at radius 3 is 2.41 bits per heavy atom. The van der Waals surface area contributed by atoms with E-state index in [0.29, 0.717) is 40.0 Å². The molecule has 1 saturated carbocycles. The van der Waals surface area contributed by atoms with Crippen molar-refractivity contribution >= 4 is 40.2 Å². The molecule has 2 aromatic carbocycles. The topological polar surface area (TPSA) is 86.1 Å². The van der Waals surface area contributed by atoms with Crippen LogP contribution in [0.3, 0.4) is 0 Å². The van der Waals surface area contributed by atoms with Gasteiger partial charge in [0, 0.05) is 11.9 Å². The van der Waals surface area contributed by atoms with Crippen LogP contribution in [-0.2, 0) is 5.75 Å². The first kappa shape index (κ1) is 21.1. The number of aliphatic hydroxyl groups is 1. The van der Waals surface area contributed by atoms with Crippen molar-refractivity contribution in [2.24, 2.45) is 4.99 Å². The van der Waals surface area contributed by atoms with Crippen molar-refractivity contribution in [3.63, 3.8) is 0 Å².